The Morgan fingerprint density at radius 3 is 2.85 bits per heavy atom. The molecule has 0 aliphatic carbocycles. The van der Waals surface area contributed by atoms with Crippen LogP contribution in [0.4, 0.5) is 0 Å². The third-order valence-electron chi connectivity index (χ3n) is 3.58. The fourth-order valence-electron chi connectivity index (χ4n) is 2.34. The van der Waals surface area contributed by atoms with Crippen LogP contribution < -0.4 is 0 Å². The number of aliphatic hydroxyl groups excluding tert-OH is 1. The highest BCUT2D eigenvalue weighted by atomic mass is 16.7. The van der Waals surface area contributed by atoms with Gasteiger partial charge in [-0.15, -0.1) is 0 Å². The molecule has 0 amide bonds. The van der Waals surface area contributed by atoms with Crippen molar-refractivity contribution in [1.82, 2.24) is 0 Å². The van der Waals surface area contributed by atoms with Gasteiger partial charge < -0.3 is 19.0 Å². The normalized spacial score (nSPS) is 24.1. The number of hydrogen-bond acceptors (Lipinski definition) is 4. The summed E-state index contributed by atoms with van der Waals surface area (Å²) in [5.41, 5.74) is 2.30. The van der Waals surface area contributed by atoms with Crippen molar-refractivity contribution >= 4 is 0 Å². The summed E-state index contributed by atoms with van der Waals surface area (Å²) < 4.78 is 16.5. The van der Waals surface area contributed by atoms with Gasteiger partial charge in [0.15, 0.2) is 5.79 Å². The molecule has 0 saturated carbocycles. The summed E-state index contributed by atoms with van der Waals surface area (Å²) >= 11 is 0. The quantitative estimate of drug-likeness (QED) is 0.842. The van der Waals surface area contributed by atoms with E-state index in [9.17, 15) is 5.11 Å². The van der Waals surface area contributed by atoms with E-state index < -0.39 is 11.9 Å². The van der Waals surface area contributed by atoms with Crippen LogP contribution in [0.2, 0.25) is 0 Å². The highest BCUT2D eigenvalue weighted by molar-refractivity contribution is 5.16. The van der Waals surface area contributed by atoms with E-state index in [1.165, 1.54) is 5.56 Å². The predicted octanol–water partition coefficient (Wildman–Crippen LogP) is 2.98. The van der Waals surface area contributed by atoms with Crippen molar-refractivity contribution in [1.29, 1.82) is 0 Å². The molecule has 1 aliphatic rings. The van der Waals surface area contributed by atoms with Gasteiger partial charge in [-0.2, -0.15) is 0 Å². The molecule has 1 N–H and O–H groups in total. The van der Waals surface area contributed by atoms with E-state index in [2.05, 4.69) is 0 Å². The highest BCUT2D eigenvalue weighted by Gasteiger charge is 2.35. The average Bonchev–Trinajstić information content (AvgIpc) is 2.92. The van der Waals surface area contributed by atoms with Gasteiger partial charge >= 0.3 is 0 Å². The largest absolute Gasteiger partial charge is 0.469 e. The molecule has 1 aromatic heterocycles. The summed E-state index contributed by atoms with van der Waals surface area (Å²) in [5.74, 6) is 0.410. The summed E-state index contributed by atoms with van der Waals surface area (Å²) in [6.07, 6.45) is 4.36. The fourth-order valence-corrected chi connectivity index (χ4v) is 2.34. The lowest BCUT2D eigenvalue weighted by Gasteiger charge is -2.19. The Balaban J connectivity index is 1.85. The van der Waals surface area contributed by atoms with Gasteiger partial charge in [-0.1, -0.05) is 11.6 Å². The van der Waals surface area contributed by atoms with Crippen molar-refractivity contribution < 1.29 is 19.0 Å². The number of aryl methyl sites for hydroxylation is 2. The van der Waals surface area contributed by atoms with Gasteiger partial charge in [0.1, 0.15) is 18.0 Å². The van der Waals surface area contributed by atoms with Gasteiger partial charge in [0.2, 0.25) is 0 Å². The van der Waals surface area contributed by atoms with Gasteiger partial charge in [-0.3, -0.25) is 0 Å². The predicted molar refractivity (Wildman–Crippen MR) is 76.4 cm³/mol. The van der Waals surface area contributed by atoms with Crippen molar-refractivity contribution in [3.05, 3.63) is 35.3 Å². The highest BCUT2D eigenvalue weighted by Crippen LogP contribution is 2.25. The molecule has 1 aromatic rings. The van der Waals surface area contributed by atoms with E-state index in [4.69, 9.17) is 13.9 Å². The van der Waals surface area contributed by atoms with E-state index in [0.717, 1.165) is 24.2 Å². The Labute approximate surface area is 120 Å². The van der Waals surface area contributed by atoms with E-state index in [0.29, 0.717) is 6.61 Å². The molecule has 2 heterocycles. The number of hydrogen-bond donors (Lipinski definition) is 1. The van der Waals surface area contributed by atoms with Crippen LogP contribution in [0.5, 0.6) is 0 Å². The lowest BCUT2D eigenvalue weighted by molar-refractivity contribution is -0.147. The maximum Gasteiger partial charge on any atom is 0.163 e. The maximum absolute atomic E-state index is 10.2. The van der Waals surface area contributed by atoms with Gasteiger partial charge in [-0.05, 0) is 45.7 Å². The smallest absolute Gasteiger partial charge is 0.163 e. The Kier molecular flexibility index (Phi) is 4.68. The summed E-state index contributed by atoms with van der Waals surface area (Å²) in [6, 6.07) is 1.97. The lowest BCUT2D eigenvalue weighted by Crippen LogP contribution is -2.29. The topological polar surface area (TPSA) is 51.8 Å². The Bertz CT molecular complexity index is 473. The van der Waals surface area contributed by atoms with E-state index in [-0.39, 0.29) is 6.10 Å². The Hall–Kier alpha value is -1.10. The van der Waals surface area contributed by atoms with Crippen LogP contribution in [-0.2, 0) is 15.9 Å². The third-order valence-corrected chi connectivity index (χ3v) is 3.58. The number of ether oxygens (including phenoxy) is 2. The zero-order valence-electron chi connectivity index (χ0n) is 12.7. The van der Waals surface area contributed by atoms with Crippen LogP contribution in [-0.4, -0.2) is 29.7 Å². The molecule has 2 atom stereocenters. The van der Waals surface area contributed by atoms with E-state index >= 15 is 0 Å². The van der Waals surface area contributed by atoms with Crippen LogP contribution in [0, 0.1) is 6.92 Å². The number of aliphatic hydroxyl groups is 1. The van der Waals surface area contributed by atoms with Crippen molar-refractivity contribution in [3.63, 3.8) is 0 Å². The first-order valence-corrected chi connectivity index (χ1v) is 7.07. The summed E-state index contributed by atoms with van der Waals surface area (Å²) in [7, 11) is 0. The van der Waals surface area contributed by atoms with Gasteiger partial charge in [-0.25, -0.2) is 0 Å². The molecular formula is C16H24O4. The fraction of sp³-hybridized carbons (Fsp3) is 0.625. The van der Waals surface area contributed by atoms with Gasteiger partial charge in [0.05, 0.1) is 12.9 Å². The second kappa shape index (κ2) is 6.12. The average molecular weight is 280 g/mol. The van der Waals surface area contributed by atoms with Crippen LogP contribution in [0.15, 0.2) is 28.4 Å². The molecule has 112 valence electrons. The minimum atomic E-state index is -0.630. The molecule has 4 heteroatoms. The molecule has 0 radical (unpaired) electrons. The number of furan rings is 1. The second-order valence-corrected chi connectivity index (χ2v) is 5.90. The minimum absolute atomic E-state index is 0.287. The van der Waals surface area contributed by atoms with Crippen molar-refractivity contribution in [3.8, 4) is 0 Å². The minimum Gasteiger partial charge on any atom is -0.469 e. The zero-order valence-corrected chi connectivity index (χ0v) is 12.7. The van der Waals surface area contributed by atoms with Crippen LogP contribution in [0.25, 0.3) is 0 Å². The molecule has 0 spiro atoms. The lowest BCUT2D eigenvalue weighted by atomic mass is 10.1. The SMILES string of the molecule is C/C(=C/[C@H](O)[C@H]1COC(C)(C)O1)CCc1occc1C. The van der Waals surface area contributed by atoms with Crippen molar-refractivity contribution in [2.45, 2.75) is 58.5 Å². The Morgan fingerprint density at radius 2 is 2.30 bits per heavy atom. The monoisotopic (exact) mass is 280 g/mol. The number of rotatable bonds is 5. The maximum atomic E-state index is 10.2. The zero-order chi connectivity index (χ0) is 14.8. The number of allylic oxidation sites excluding steroid dienone is 1. The summed E-state index contributed by atoms with van der Waals surface area (Å²) in [4.78, 5) is 0. The molecule has 1 fully saturated rings. The first-order chi connectivity index (χ1) is 9.37. The summed E-state index contributed by atoms with van der Waals surface area (Å²) in [6.45, 7) is 8.20. The second-order valence-electron chi connectivity index (χ2n) is 5.90. The molecule has 4 nitrogen and oxygen atoms in total. The molecule has 2 rings (SSSR count). The molecule has 1 aliphatic heterocycles. The van der Waals surface area contributed by atoms with Crippen LogP contribution in [0.1, 0.15) is 38.5 Å². The van der Waals surface area contributed by atoms with E-state index in [1.54, 1.807) is 6.26 Å². The van der Waals surface area contributed by atoms with Crippen molar-refractivity contribution in [2.75, 3.05) is 6.61 Å². The molecule has 20 heavy (non-hydrogen) atoms. The van der Waals surface area contributed by atoms with Crippen LogP contribution in [0.3, 0.4) is 0 Å². The van der Waals surface area contributed by atoms with Crippen LogP contribution >= 0.6 is 0 Å². The van der Waals surface area contributed by atoms with E-state index in [1.807, 2.05) is 39.8 Å². The van der Waals surface area contributed by atoms with Crippen molar-refractivity contribution in [2.24, 2.45) is 0 Å². The molecule has 0 bridgehead atoms. The molecular weight excluding hydrogens is 256 g/mol. The first kappa shape index (κ1) is 15.3. The standard InChI is InChI=1S/C16H24O4/c1-11(5-6-14-12(2)7-8-18-14)9-13(17)15-10-19-16(3,4)20-15/h7-9,13,15,17H,5-6,10H2,1-4H3/b11-9-/t13-,15+/m0/s1. The molecule has 1 saturated heterocycles. The van der Waals surface area contributed by atoms with Gasteiger partial charge in [0, 0.05) is 6.42 Å². The molecule has 0 unspecified atom stereocenters. The summed E-state index contributed by atoms with van der Waals surface area (Å²) in [5, 5.41) is 10.2. The third kappa shape index (κ3) is 3.95. The Morgan fingerprint density at radius 1 is 1.55 bits per heavy atom. The molecule has 0 aromatic carbocycles. The first-order valence-electron chi connectivity index (χ1n) is 7.07. The van der Waals surface area contributed by atoms with Gasteiger partial charge in [0.25, 0.3) is 0 Å².